The molecule has 3 aromatic rings. The molecule has 0 spiro atoms. The van der Waals surface area contributed by atoms with Crippen molar-refractivity contribution >= 4 is 68.6 Å². The van der Waals surface area contributed by atoms with Crippen LogP contribution in [-0.2, 0) is 9.36 Å². The zero-order chi connectivity index (χ0) is 20.2. The molecule has 0 radical (unpaired) electrons. The molecule has 2 unspecified atom stereocenters. The Balaban J connectivity index is 1.60. The van der Waals surface area contributed by atoms with E-state index in [1.807, 2.05) is 36.4 Å². The summed E-state index contributed by atoms with van der Waals surface area (Å²) in [6.07, 6.45) is 0. The molecule has 0 bridgehead atoms. The van der Waals surface area contributed by atoms with Crippen LogP contribution in [-0.4, -0.2) is 16.6 Å². The molecule has 29 heavy (non-hydrogen) atoms. The maximum atomic E-state index is 13.3. The van der Waals surface area contributed by atoms with Crippen LogP contribution >= 0.6 is 35.1 Å². The van der Waals surface area contributed by atoms with Crippen LogP contribution in [0.4, 0.5) is 17.1 Å². The van der Waals surface area contributed by atoms with Gasteiger partial charge in [0.25, 0.3) is 7.37 Å². The highest BCUT2D eigenvalue weighted by Crippen LogP contribution is 2.49. The fourth-order valence-corrected chi connectivity index (χ4v) is 7.11. The molecule has 0 aromatic heterocycles. The summed E-state index contributed by atoms with van der Waals surface area (Å²) in [6.45, 7) is 0. The zero-order valence-corrected chi connectivity index (χ0v) is 18.4. The van der Waals surface area contributed by atoms with Gasteiger partial charge >= 0.3 is 0 Å². The van der Waals surface area contributed by atoms with Crippen molar-refractivity contribution in [2.75, 3.05) is 16.0 Å². The maximum Gasteiger partial charge on any atom is 0.262 e. The number of fused-ring (bicyclic) bond motifs is 2. The van der Waals surface area contributed by atoms with Gasteiger partial charge in [-0.25, -0.2) is 0 Å². The molecule has 3 aromatic carbocycles. The SMILES string of the molecule is O=C1CSC(c2cccc(Br)c2)N1c1ccc2c(c1)P(=O)(O)c1ccccc1N2. The molecule has 5 nitrogen and oxygen atoms in total. The molecular formula is C21H16BrN2O3PS. The van der Waals surface area contributed by atoms with Gasteiger partial charge in [-0.15, -0.1) is 11.8 Å². The Hall–Kier alpha value is -2.05. The van der Waals surface area contributed by atoms with Gasteiger partial charge in [-0.1, -0.05) is 40.2 Å². The lowest BCUT2D eigenvalue weighted by Crippen LogP contribution is -2.31. The Morgan fingerprint density at radius 1 is 1.03 bits per heavy atom. The standard InChI is InChI=1S/C21H16BrN2O3PS/c22-14-5-3-4-13(10-14)21-24(20(25)12-29-21)15-8-9-17-19(11-15)28(26,27)18-7-2-1-6-16(18)23-17/h1-11,21,23H,12H2,(H,26,27). The molecule has 1 saturated heterocycles. The highest BCUT2D eigenvalue weighted by molar-refractivity contribution is 9.10. The topological polar surface area (TPSA) is 69.6 Å². The van der Waals surface area contributed by atoms with Gasteiger partial charge in [-0.05, 0) is 48.0 Å². The fourth-order valence-electron chi connectivity index (χ4n) is 3.75. The molecule has 0 saturated carbocycles. The summed E-state index contributed by atoms with van der Waals surface area (Å²) >= 11 is 5.04. The number of rotatable bonds is 2. The summed E-state index contributed by atoms with van der Waals surface area (Å²) in [5, 5.41) is 3.76. The van der Waals surface area contributed by atoms with Crippen molar-refractivity contribution < 1.29 is 14.3 Å². The van der Waals surface area contributed by atoms with Gasteiger partial charge in [-0.3, -0.25) is 14.3 Å². The van der Waals surface area contributed by atoms with Crippen molar-refractivity contribution in [2.24, 2.45) is 0 Å². The first-order valence-electron chi connectivity index (χ1n) is 8.98. The fraction of sp³-hybridized carbons (Fsp3) is 0.0952. The van der Waals surface area contributed by atoms with E-state index in [1.54, 1.807) is 47.0 Å². The first-order chi connectivity index (χ1) is 13.9. The Kier molecular flexibility index (Phi) is 4.59. The smallest absolute Gasteiger partial charge is 0.262 e. The van der Waals surface area contributed by atoms with E-state index in [0.717, 1.165) is 10.0 Å². The van der Waals surface area contributed by atoms with Gasteiger partial charge in [0.15, 0.2) is 0 Å². The molecule has 2 atom stereocenters. The molecule has 5 rings (SSSR count). The van der Waals surface area contributed by atoms with E-state index in [1.165, 1.54) is 0 Å². The minimum absolute atomic E-state index is 0.0168. The molecule has 8 heteroatoms. The maximum absolute atomic E-state index is 13.3. The van der Waals surface area contributed by atoms with Gasteiger partial charge in [-0.2, -0.15) is 0 Å². The van der Waals surface area contributed by atoms with Crippen LogP contribution in [0.1, 0.15) is 10.9 Å². The second-order valence-corrected chi connectivity index (χ2v) is 11.0. The summed E-state index contributed by atoms with van der Waals surface area (Å²) in [7, 11) is -3.77. The molecule has 2 aliphatic heterocycles. The quantitative estimate of drug-likeness (QED) is 0.521. The average Bonchev–Trinajstić information content (AvgIpc) is 3.09. The Labute approximate surface area is 180 Å². The summed E-state index contributed by atoms with van der Waals surface area (Å²) in [5.74, 6) is 0.350. The highest BCUT2D eigenvalue weighted by atomic mass is 79.9. The van der Waals surface area contributed by atoms with Crippen LogP contribution in [0, 0.1) is 0 Å². The Morgan fingerprint density at radius 3 is 2.66 bits per heavy atom. The Bertz CT molecular complexity index is 1200. The third-order valence-corrected chi connectivity index (χ3v) is 8.86. The first-order valence-corrected chi connectivity index (χ1v) is 12.5. The van der Waals surface area contributed by atoms with Crippen LogP contribution < -0.4 is 20.8 Å². The number of halogens is 1. The van der Waals surface area contributed by atoms with E-state index in [2.05, 4.69) is 21.2 Å². The second kappa shape index (κ2) is 7.03. The zero-order valence-electron chi connectivity index (χ0n) is 15.1. The van der Waals surface area contributed by atoms with Crippen molar-refractivity contribution in [1.29, 1.82) is 0 Å². The van der Waals surface area contributed by atoms with Crippen molar-refractivity contribution in [1.82, 2.24) is 0 Å². The molecule has 2 aliphatic rings. The van der Waals surface area contributed by atoms with E-state index < -0.39 is 7.37 Å². The highest BCUT2D eigenvalue weighted by Gasteiger charge is 2.38. The summed E-state index contributed by atoms with van der Waals surface area (Å²) in [6, 6.07) is 20.2. The minimum atomic E-state index is -3.77. The number of para-hydroxylation sites is 1. The van der Waals surface area contributed by atoms with Crippen molar-refractivity contribution in [3.8, 4) is 0 Å². The van der Waals surface area contributed by atoms with Gasteiger partial charge in [0.2, 0.25) is 5.91 Å². The number of amides is 1. The molecule has 2 N–H and O–H groups in total. The van der Waals surface area contributed by atoms with E-state index in [4.69, 9.17) is 0 Å². The number of anilines is 3. The predicted molar refractivity (Wildman–Crippen MR) is 122 cm³/mol. The monoisotopic (exact) mass is 486 g/mol. The summed E-state index contributed by atoms with van der Waals surface area (Å²) < 4.78 is 14.3. The van der Waals surface area contributed by atoms with Crippen LogP contribution in [0.25, 0.3) is 0 Å². The van der Waals surface area contributed by atoms with E-state index in [-0.39, 0.29) is 11.3 Å². The van der Waals surface area contributed by atoms with Crippen LogP contribution in [0.2, 0.25) is 0 Å². The second-order valence-electron chi connectivity index (χ2n) is 6.90. The minimum Gasteiger partial charge on any atom is -0.354 e. The van der Waals surface area contributed by atoms with E-state index in [9.17, 15) is 14.3 Å². The van der Waals surface area contributed by atoms with E-state index in [0.29, 0.717) is 33.4 Å². The number of nitrogens with one attached hydrogen (secondary N) is 1. The van der Waals surface area contributed by atoms with Gasteiger partial charge in [0, 0.05) is 10.2 Å². The van der Waals surface area contributed by atoms with Crippen molar-refractivity contribution in [3.63, 3.8) is 0 Å². The molecule has 1 amide bonds. The third kappa shape index (κ3) is 3.13. The number of carbonyl (C=O) groups is 1. The normalized spacial score (nSPS) is 22.8. The van der Waals surface area contributed by atoms with Crippen LogP contribution in [0.5, 0.6) is 0 Å². The van der Waals surface area contributed by atoms with Crippen LogP contribution in [0.15, 0.2) is 71.2 Å². The van der Waals surface area contributed by atoms with E-state index >= 15 is 0 Å². The lowest BCUT2D eigenvalue weighted by atomic mass is 10.1. The summed E-state index contributed by atoms with van der Waals surface area (Å²) in [5.41, 5.74) is 2.86. The molecule has 146 valence electrons. The van der Waals surface area contributed by atoms with Gasteiger partial charge in [0.1, 0.15) is 5.37 Å². The molecule has 1 fully saturated rings. The first kappa shape index (κ1) is 18.9. The Morgan fingerprint density at radius 2 is 1.83 bits per heavy atom. The summed E-state index contributed by atoms with van der Waals surface area (Å²) in [4.78, 5) is 25.4. The number of nitrogens with zero attached hydrogens (tertiary/aromatic N) is 1. The van der Waals surface area contributed by atoms with Gasteiger partial charge in [0.05, 0.1) is 27.7 Å². The lowest BCUT2D eigenvalue weighted by Gasteiger charge is -2.29. The third-order valence-electron chi connectivity index (χ3n) is 5.09. The molecular weight excluding hydrogens is 471 g/mol. The largest absolute Gasteiger partial charge is 0.354 e. The number of hydrogen-bond donors (Lipinski definition) is 2. The lowest BCUT2D eigenvalue weighted by molar-refractivity contribution is -0.115. The van der Waals surface area contributed by atoms with Crippen LogP contribution in [0.3, 0.4) is 0 Å². The number of thioether (sulfide) groups is 1. The van der Waals surface area contributed by atoms with Crippen molar-refractivity contribution in [3.05, 3.63) is 76.8 Å². The molecule has 0 aliphatic carbocycles. The van der Waals surface area contributed by atoms with Gasteiger partial charge < -0.3 is 10.2 Å². The number of carbonyl (C=O) groups excluding carboxylic acids is 1. The van der Waals surface area contributed by atoms with Crippen molar-refractivity contribution in [2.45, 2.75) is 5.37 Å². The average molecular weight is 487 g/mol. The number of benzene rings is 3. The molecule has 2 heterocycles. The predicted octanol–water partition coefficient (Wildman–Crippen LogP) is 4.51. The number of hydrogen-bond acceptors (Lipinski definition) is 4.